The molecule has 0 radical (unpaired) electrons. The van der Waals surface area contributed by atoms with Crippen molar-refractivity contribution in [2.75, 3.05) is 0 Å². The van der Waals surface area contributed by atoms with Gasteiger partial charge in [-0.2, -0.15) is 18.3 Å². The molecule has 1 saturated carbocycles. The number of nitrogens with zero attached hydrogens (tertiary/aromatic N) is 2. The maximum absolute atomic E-state index is 13.0. The fourth-order valence-corrected chi connectivity index (χ4v) is 2.88. The maximum atomic E-state index is 13.0. The average Bonchev–Trinajstić information content (AvgIpc) is 2.97. The first-order valence-corrected chi connectivity index (χ1v) is 7.14. The predicted octanol–water partition coefficient (Wildman–Crippen LogP) is 4.54. The quantitative estimate of drug-likeness (QED) is 0.883. The zero-order valence-electron chi connectivity index (χ0n) is 11.5. The fraction of sp³-hybridized carbons (Fsp3) is 0.467. The number of hydrogen-bond acceptors (Lipinski definition) is 2. The van der Waals surface area contributed by atoms with Crippen LogP contribution in [0, 0.1) is 0 Å². The van der Waals surface area contributed by atoms with Crippen molar-refractivity contribution in [2.24, 2.45) is 0 Å². The topological polar surface area (TPSA) is 41.6 Å². The van der Waals surface area contributed by atoms with Crippen LogP contribution in [0.4, 0.5) is 13.2 Å². The highest BCUT2D eigenvalue weighted by Crippen LogP contribution is 2.36. The summed E-state index contributed by atoms with van der Waals surface area (Å²) in [6.07, 6.45) is 1.14. The molecule has 0 atom stereocenters. The smallest absolute Gasteiger partial charge is 0.262 e. The number of halogens is 3. The summed E-state index contributed by atoms with van der Waals surface area (Å²) >= 11 is 0. The molecular weight excluding hydrogens is 279 g/mol. The molecule has 0 spiro atoms. The van der Waals surface area contributed by atoms with Crippen molar-refractivity contribution in [3.63, 3.8) is 0 Å². The molecule has 1 aliphatic rings. The number of rotatable bonds is 2. The van der Waals surface area contributed by atoms with Crippen LogP contribution in [0.25, 0.3) is 11.4 Å². The lowest BCUT2D eigenvalue weighted by Gasteiger charge is -2.18. The molecule has 1 heterocycles. The van der Waals surface area contributed by atoms with E-state index in [1.54, 1.807) is 6.07 Å². The molecular formula is C15H16F3N3. The van der Waals surface area contributed by atoms with E-state index in [2.05, 4.69) is 15.2 Å². The van der Waals surface area contributed by atoms with Crippen LogP contribution in [0.3, 0.4) is 0 Å². The van der Waals surface area contributed by atoms with Crippen molar-refractivity contribution >= 4 is 0 Å². The molecule has 0 amide bonds. The highest BCUT2D eigenvalue weighted by molar-refractivity contribution is 5.60. The molecule has 1 aliphatic carbocycles. The second-order valence-corrected chi connectivity index (χ2v) is 5.42. The first-order valence-electron chi connectivity index (χ1n) is 7.14. The minimum absolute atomic E-state index is 0.0308. The Hall–Kier alpha value is -1.85. The largest absolute Gasteiger partial charge is 0.417 e. The molecule has 1 aromatic carbocycles. The molecule has 21 heavy (non-hydrogen) atoms. The molecule has 1 aromatic heterocycles. The van der Waals surface area contributed by atoms with Gasteiger partial charge in [-0.3, -0.25) is 5.10 Å². The van der Waals surface area contributed by atoms with Crippen LogP contribution >= 0.6 is 0 Å². The SMILES string of the molecule is FC(F)(F)c1ccccc1-c1n[nH]c(C2CCCCC2)n1. The lowest BCUT2D eigenvalue weighted by molar-refractivity contribution is -0.137. The summed E-state index contributed by atoms with van der Waals surface area (Å²) in [5.74, 6) is 1.13. The fourth-order valence-electron chi connectivity index (χ4n) is 2.88. The molecule has 3 nitrogen and oxygen atoms in total. The number of aromatic amines is 1. The molecule has 0 aliphatic heterocycles. The van der Waals surface area contributed by atoms with E-state index in [1.165, 1.54) is 18.6 Å². The number of aromatic nitrogens is 3. The summed E-state index contributed by atoms with van der Waals surface area (Å²) in [7, 11) is 0. The van der Waals surface area contributed by atoms with Gasteiger partial charge in [0, 0.05) is 11.5 Å². The minimum atomic E-state index is -4.40. The Kier molecular flexibility index (Phi) is 3.69. The predicted molar refractivity (Wildman–Crippen MR) is 72.6 cm³/mol. The van der Waals surface area contributed by atoms with E-state index < -0.39 is 11.7 Å². The molecule has 1 N–H and O–H groups in total. The van der Waals surface area contributed by atoms with Gasteiger partial charge in [0.2, 0.25) is 0 Å². The van der Waals surface area contributed by atoms with E-state index in [-0.39, 0.29) is 17.3 Å². The number of benzene rings is 1. The molecule has 112 valence electrons. The van der Waals surface area contributed by atoms with E-state index in [0.29, 0.717) is 5.82 Å². The summed E-state index contributed by atoms with van der Waals surface area (Å²) in [6.45, 7) is 0. The molecule has 2 aromatic rings. The summed E-state index contributed by atoms with van der Waals surface area (Å²) in [5, 5.41) is 6.82. The molecule has 6 heteroatoms. The van der Waals surface area contributed by atoms with E-state index in [4.69, 9.17) is 0 Å². The van der Waals surface area contributed by atoms with Gasteiger partial charge in [0.25, 0.3) is 0 Å². The zero-order valence-corrected chi connectivity index (χ0v) is 11.5. The van der Waals surface area contributed by atoms with Crippen molar-refractivity contribution in [1.82, 2.24) is 15.2 Å². The lowest BCUT2D eigenvalue weighted by Crippen LogP contribution is -2.08. The first kappa shape index (κ1) is 14.1. The van der Waals surface area contributed by atoms with E-state index in [1.807, 2.05) is 0 Å². The third kappa shape index (κ3) is 2.94. The minimum Gasteiger partial charge on any atom is -0.262 e. The second kappa shape index (κ2) is 5.50. The van der Waals surface area contributed by atoms with Crippen LogP contribution in [-0.4, -0.2) is 15.2 Å². The van der Waals surface area contributed by atoms with Gasteiger partial charge in [0.15, 0.2) is 5.82 Å². The van der Waals surface area contributed by atoms with Gasteiger partial charge in [0.1, 0.15) is 5.82 Å². The first-order chi connectivity index (χ1) is 10.1. The van der Waals surface area contributed by atoms with E-state index >= 15 is 0 Å². The van der Waals surface area contributed by atoms with Crippen LogP contribution in [0.15, 0.2) is 24.3 Å². The van der Waals surface area contributed by atoms with Gasteiger partial charge in [-0.05, 0) is 18.9 Å². The summed E-state index contributed by atoms with van der Waals surface area (Å²) in [5.41, 5.74) is -0.664. The monoisotopic (exact) mass is 295 g/mol. The van der Waals surface area contributed by atoms with Crippen molar-refractivity contribution in [1.29, 1.82) is 0 Å². The Bertz CT molecular complexity index is 613. The second-order valence-electron chi connectivity index (χ2n) is 5.42. The van der Waals surface area contributed by atoms with Crippen LogP contribution in [0.1, 0.15) is 49.4 Å². The van der Waals surface area contributed by atoms with Crippen LogP contribution < -0.4 is 0 Å². The standard InChI is InChI=1S/C15H16F3N3/c16-15(17,18)12-9-5-4-8-11(12)14-19-13(20-21-14)10-6-2-1-3-7-10/h4-5,8-10H,1-3,6-7H2,(H,19,20,21). The Morgan fingerprint density at radius 1 is 1.05 bits per heavy atom. The van der Waals surface area contributed by atoms with Gasteiger partial charge in [-0.25, -0.2) is 4.98 Å². The number of hydrogen-bond donors (Lipinski definition) is 1. The van der Waals surface area contributed by atoms with Crippen molar-refractivity contribution in [2.45, 2.75) is 44.2 Å². The molecule has 0 unspecified atom stereocenters. The number of H-pyrrole nitrogens is 1. The van der Waals surface area contributed by atoms with Gasteiger partial charge >= 0.3 is 6.18 Å². The van der Waals surface area contributed by atoms with Crippen LogP contribution in [0.2, 0.25) is 0 Å². The zero-order chi connectivity index (χ0) is 14.9. The molecule has 3 rings (SSSR count). The van der Waals surface area contributed by atoms with Gasteiger partial charge in [-0.1, -0.05) is 37.5 Å². The Labute approximate surface area is 120 Å². The van der Waals surface area contributed by atoms with Crippen molar-refractivity contribution < 1.29 is 13.2 Å². The highest BCUT2D eigenvalue weighted by atomic mass is 19.4. The molecule has 0 bridgehead atoms. The average molecular weight is 295 g/mol. The maximum Gasteiger partial charge on any atom is 0.417 e. The summed E-state index contributed by atoms with van der Waals surface area (Å²) < 4.78 is 39.1. The van der Waals surface area contributed by atoms with E-state index in [0.717, 1.165) is 31.7 Å². The van der Waals surface area contributed by atoms with Gasteiger partial charge in [0.05, 0.1) is 5.56 Å². The Morgan fingerprint density at radius 2 is 1.76 bits per heavy atom. The number of alkyl halides is 3. The third-order valence-electron chi connectivity index (χ3n) is 3.97. The number of nitrogens with one attached hydrogen (secondary N) is 1. The summed E-state index contributed by atoms with van der Waals surface area (Å²) in [4.78, 5) is 4.31. The lowest BCUT2D eigenvalue weighted by atomic mass is 9.89. The van der Waals surface area contributed by atoms with Crippen molar-refractivity contribution in [3.05, 3.63) is 35.7 Å². The Morgan fingerprint density at radius 3 is 2.48 bits per heavy atom. The Balaban J connectivity index is 1.93. The van der Waals surface area contributed by atoms with Gasteiger partial charge in [-0.15, -0.1) is 0 Å². The van der Waals surface area contributed by atoms with Crippen LogP contribution in [-0.2, 0) is 6.18 Å². The van der Waals surface area contributed by atoms with E-state index in [9.17, 15) is 13.2 Å². The highest BCUT2D eigenvalue weighted by Gasteiger charge is 2.34. The molecule has 0 saturated heterocycles. The normalized spacial score (nSPS) is 17.1. The van der Waals surface area contributed by atoms with Crippen molar-refractivity contribution in [3.8, 4) is 11.4 Å². The van der Waals surface area contributed by atoms with Gasteiger partial charge < -0.3 is 0 Å². The summed E-state index contributed by atoms with van der Waals surface area (Å²) in [6, 6.07) is 5.42. The third-order valence-corrected chi connectivity index (χ3v) is 3.97. The molecule has 1 fully saturated rings. The van der Waals surface area contributed by atoms with Crippen LogP contribution in [0.5, 0.6) is 0 Å².